The lowest BCUT2D eigenvalue weighted by Gasteiger charge is -2.11. The molecule has 0 aliphatic heterocycles. The molecule has 1 unspecified atom stereocenters. The van der Waals surface area contributed by atoms with Gasteiger partial charge in [-0.2, -0.15) is 5.26 Å². The van der Waals surface area contributed by atoms with Crippen molar-refractivity contribution in [3.05, 3.63) is 36.0 Å². The minimum atomic E-state index is 0.449. The quantitative estimate of drug-likeness (QED) is 0.772. The standard InChI is InChI=1S/C14H17N3/c1-11(9-16-8-4-7-15)13-10-17-14-6-3-2-5-12(13)14/h2-3,5-6,10-11,16-17H,4,8-9H2,1H3. The molecule has 1 atom stereocenters. The molecule has 0 aliphatic rings. The van der Waals surface area contributed by atoms with Crippen LogP contribution in [0.25, 0.3) is 10.9 Å². The molecule has 2 rings (SSSR count). The number of hydrogen-bond donors (Lipinski definition) is 2. The van der Waals surface area contributed by atoms with Gasteiger partial charge in [0.05, 0.1) is 6.07 Å². The molecule has 1 heterocycles. The number of benzene rings is 1. The number of nitrogens with zero attached hydrogens (tertiary/aromatic N) is 1. The highest BCUT2D eigenvalue weighted by molar-refractivity contribution is 5.83. The summed E-state index contributed by atoms with van der Waals surface area (Å²) in [5.74, 6) is 0.449. The third-order valence-corrected chi connectivity index (χ3v) is 3.02. The molecule has 0 aliphatic carbocycles. The Hall–Kier alpha value is -1.79. The van der Waals surface area contributed by atoms with Crippen molar-refractivity contribution in [2.24, 2.45) is 0 Å². The summed E-state index contributed by atoms with van der Waals surface area (Å²) in [6, 6.07) is 10.5. The molecule has 17 heavy (non-hydrogen) atoms. The number of H-pyrrole nitrogens is 1. The molecule has 2 N–H and O–H groups in total. The normalized spacial score (nSPS) is 12.5. The summed E-state index contributed by atoms with van der Waals surface area (Å²) in [5, 5.41) is 13.1. The molecule has 0 fully saturated rings. The molecule has 0 saturated heterocycles. The first-order chi connectivity index (χ1) is 8.33. The van der Waals surface area contributed by atoms with Gasteiger partial charge in [0.25, 0.3) is 0 Å². The van der Waals surface area contributed by atoms with Gasteiger partial charge in [0.1, 0.15) is 0 Å². The molecule has 1 aromatic carbocycles. The Bertz CT molecular complexity index is 521. The van der Waals surface area contributed by atoms with Gasteiger partial charge in [0.15, 0.2) is 0 Å². The minimum absolute atomic E-state index is 0.449. The molecule has 3 heteroatoms. The molecule has 0 spiro atoms. The number of aromatic amines is 1. The number of hydrogen-bond acceptors (Lipinski definition) is 2. The summed E-state index contributed by atoms with van der Waals surface area (Å²) in [7, 11) is 0. The maximum absolute atomic E-state index is 8.46. The van der Waals surface area contributed by atoms with E-state index in [-0.39, 0.29) is 0 Å². The summed E-state index contributed by atoms with van der Waals surface area (Å²) in [5.41, 5.74) is 2.52. The van der Waals surface area contributed by atoms with Gasteiger partial charge in [-0.1, -0.05) is 25.1 Å². The lowest BCUT2D eigenvalue weighted by Crippen LogP contribution is -2.20. The number of nitrogens with one attached hydrogen (secondary N) is 2. The fraction of sp³-hybridized carbons (Fsp3) is 0.357. The lowest BCUT2D eigenvalue weighted by molar-refractivity contribution is 0.624. The second-order valence-corrected chi connectivity index (χ2v) is 4.30. The molecule has 0 amide bonds. The first-order valence-electron chi connectivity index (χ1n) is 5.96. The highest BCUT2D eigenvalue weighted by atomic mass is 14.9. The Morgan fingerprint density at radius 3 is 3.06 bits per heavy atom. The van der Waals surface area contributed by atoms with E-state index in [1.807, 2.05) is 6.07 Å². The number of rotatable bonds is 5. The SMILES string of the molecule is CC(CNCCC#N)c1c[nH]c2ccccc12. The maximum Gasteiger partial charge on any atom is 0.0635 e. The summed E-state index contributed by atoms with van der Waals surface area (Å²) >= 11 is 0. The van der Waals surface area contributed by atoms with Crippen LogP contribution in [0.5, 0.6) is 0 Å². The van der Waals surface area contributed by atoms with Crippen LogP contribution in [0, 0.1) is 11.3 Å². The Kier molecular flexibility index (Phi) is 3.79. The van der Waals surface area contributed by atoms with Gasteiger partial charge in [-0.05, 0) is 17.5 Å². The maximum atomic E-state index is 8.46. The molecular formula is C14H17N3. The zero-order valence-corrected chi connectivity index (χ0v) is 10.0. The number of fused-ring (bicyclic) bond motifs is 1. The second-order valence-electron chi connectivity index (χ2n) is 4.30. The number of para-hydroxylation sites is 1. The fourth-order valence-electron chi connectivity index (χ4n) is 2.07. The van der Waals surface area contributed by atoms with Crippen LogP contribution in [0.2, 0.25) is 0 Å². The van der Waals surface area contributed by atoms with E-state index in [9.17, 15) is 0 Å². The van der Waals surface area contributed by atoms with Crippen molar-refractivity contribution in [3.63, 3.8) is 0 Å². The molecule has 0 bridgehead atoms. The molecule has 0 saturated carbocycles. The number of nitriles is 1. The van der Waals surface area contributed by atoms with Gasteiger partial charge < -0.3 is 10.3 Å². The Morgan fingerprint density at radius 1 is 1.41 bits per heavy atom. The van der Waals surface area contributed by atoms with Crippen molar-refractivity contribution in [2.75, 3.05) is 13.1 Å². The summed E-state index contributed by atoms with van der Waals surface area (Å²) < 4.78 is 0. The van der Waals surface area contributed by atoms with Gasteiger partial charge in [0, 0.05) is 36.6 Å². The highest BCUT2D eigenvalue weighted by Crippen LogP contribution is 2.24. The lowest BCUT2D eigenvalue weighted by atomic mass is 10.0. The van der Waals surface area contributed by atoms with Gasteiger partial charge in [-0.15, -0.1) is 0 Å². The smallest absolute Gasteiger partial charge is 0.0635 e. The van der Waals surface area contributed by atoms with E-state index in [1.54, 1.807) is 0 Å². The Balaban J connectivity index is 2.04. The van der Waals surface area contributed by atoms with Crippen LogP contribution >= 0.6 is 0 Å². The van der Waals surface area contributed by atoms with E-state index in [0.29, 0.717) is 12.3 Å². The van der Waals surface area contributed by atoms with Crippen molar-refractivity contribution in [1.82, 2.24) is 10.3 Å². The topological polar surface area (TPSA) is 51.6 Å². The van der Waals surface area contributed by atoms with Gasteiger partial charge in [0.2, 0.25) is 0 Å². The molecule has 0 radical (unpaired) electrons. The van der Waals surface area contributed by atoms with Crippen LogP contribution in [-0.4, -0.2) is 18.1 Å². The first-order valence-corrected chi connectivity index (χ1v) is 5.96. The molecule has 88 valence electrons. The fourth-order valence-corrected chi connectivity index (χ4v) is 2.07. The van der Waals surface area contributed by atoms with Crippen molar-refractivity contribution in [3.8, 4) is 6.07 Å². The average Bonchev–Trinajstić information content (AvgIpc) is 2.78. The van der Waals surface area contributed by atoms with Crippen molar-refractivity contribution in [2.45, 2.75) is 19.3 Å². The van der Waals surface area contributed by atoms with Crippen LogP contribution < -0.4 is 5.32 Å². The molecule has 2 aromatic rings. The Labute approximate surface area is 101 Å². The van der Waals surface area contributed by atoms with Crippen LogP contribution in [0.15, 0.2) is 30.5 Å². The summed E-state index contributed by atoms with van der Waals surface area (Å²) in [6.45, 7) is 3.88. The predicted molar refractivity (Wildman–Crippen MR) is 69.8 cm³/mol. The summed E-state index contributed by atoms with van der Waals surface area (Å²) in [4.78, 5) is 3.29. The van der Waals surface area contributed by atoms with Crippen LogP contribution in [0.1, 0.15) is 24.8 Å². The second kappa shape index (κ2) is 5.51. The number of aromatic nitrogens is 1. The van der Waals surface area contributed by atoms with Crippen molar-refractivity contribution >= 4 is 10.9 Å². The average molecular weight is 227 g/mol. The summed E-state index contributed by atoms with van der Waals surface area (Å²) in [6.07, 6.45) is 2.65. The highest BCUT2D eigenvalue weighted by Gasteiger charge is 2.10. The van der Waals surface area contributed by atoms with Gasteiger partial charge >= 0.3 is 0 Å². The third-order valence-electron chi connectivity index (χ3n) is 3.02. The van der Waals surface area contributed by atoms with E-state index in [1.165, 1.54) is 16.5 Å². The van der Waals surface area contributed by atoms with Gasteiger partial charge in [-0.25, -0.2) is 0 Å². The monoisotopic (exact) mass is 227 g/mol. The third kappa shape index (κ3) is 2.66. The van der Waals surface area contributed by atoms with Crippen molar-refractivity contribution in [1.29, 1.82) is 5.26 Å². The Morgan fingerprint density at radius 2 is 2.24 bits per heavy atom. The molecule has 1 aromatic heterocycles. The van der Waals surface area contributed by atoms with Crippen LogP contribution in [-0.2, 0) is 0 Å². The largest absolute Gasteiger partial charge is 0.361 e. The predicted octanol–water partition coefficient (Wildman–Crippen LogP) is 2.77. The minimum Gasteiger partial charge on any atom is -0.361 e. The zero-order valence-electron chi connectivity index (χ0n) is 10.0. The molecular weight excluding hydrogens is 210 g/mol. The zero-order chi connectivity index (χ0) is 12.1. The van der Waals surface area contributed by atoms with Crippen molar-refractivity contribution < 1.29 is 0 Å². The van der Waals surface area contributed by atoms with Gasteiger partial charge in [-0.3, -0.25) is 0 Å². The molecule has 3 nitrogen and oxygen atoms in total. The van der Waals surface area contributed by atoms with Crippen LogP contribution in [0.4, 0.5) is 0 Å². The van der Waals surface area contributed by atoms with Crippen LogP contribution in [0.3, 0.4) is 0 Å². The first kappa shape index (κ1) is 11.7. The van der Waals surface area contributed by atoms with E-state index in [4.69, 9.17) is 5.26 Å². The van der Waals surface area contributed by atoms with E-state index >= 15 is 0 Å². The van der Waals surface area contributed by atoms with E-state index in [2.05, 4.69) is 47.7 Å². The van der Waals surface area contributed by atoms with E-state index in [0.717, 1.165) is 13.1 Å². The van der Waals surface area contributed by atoms with E-state index < -0.39 is 0 Å².